The first kappa shape index (κ1) is 22.9. The molecule has 6 aromatic carbocycles. The second-order valence-corrected chi connectivity index (χ2v) is 12.4. The molecule has 3 aromatic heterocycles. The maximum Gasteiger partial charge on any atom is 0.176 e. The minimum atomic E-state index is 0.428. The van der Waals surface area contributed by atoms with Crippen LogP contribution >= 0.6 is 22.9 Å². The molecule has 1 aliphatic carbocycles. The lowest BCUT2D eigenvalue weighted by atomic mass is 9.98. The monoisotopic (exact) mass is 573 g/mol. The molecule has 5 heteroatoms. The van der Waals surface area contributed by atoms with Gasteiger partial charge in [-0.2, -0.15) is 0 Å². The molecule has 0 N–H and O–H groups in total. The Morgan fingerprint density at radius 3 is 2.21 bits per heavy atom. The molecule has 3 nitrogen and oxygen atoms in total. The quantitative estimate of drug-likeness (QED) is 0.195. The van der Waals surface area contributed by atoms with Crippen LogP contribution in [-0.4, -0.2) is 14.5 Å². The van der Waals surface area contributed by atoms with Gasteiger partial charge in [0, 0.05) is 38.2 Å². The summed E-state index contributed by atoms with van der Waals surface area (Å²) in [6.45, 7) is 0. The topological polar surface area (TPSA) is 30.7 Å². The Bertz CT molecular complexity index is 2630. The van der Waals surface area contributed by atoms with Crippen molar-refractivity contribution in [3.05, 3.63) is 126 Å². The van der Waals surface area contributed by atoms with Gasteiger partial charge in [-0.1, -0.05) is 115 Å². The van der Waals surface area contributed by atoms with Gasteiger partial charge in [0.2, 0.25) is 0 Å². The van der Waals surface area contributed by atoms with E-state index in [0.29, 0.717) is 11.0 Å². The molecule has 0 amide bonds. The van der Waals surface area contributed by atoms with Gasteiger partial charge in [-0.15, -0.1) is 11.3 Å². The van der Waals surface area contributed by atoms with Crippen LogP contribution in [0, 0.1) is 0 Å². The summed E-state index contributed by atoms with van der Waals surface area (Å²) in [6, 6.07) is 39.1. The molecule has 0 fully saturated rings. The number of aromatic nitrogens is 3. The van der Waals surface area contributed by atoms with E-state index in [4.69, 9.17) is 21.6 Å². The molecule has 0 spiro atoms. The largest absolute Gasteiger partial charge is 0.290 e. The van der Waals surface area contributed by atoms with Crippen molar-refractivity contribution < 1.29 is 0 Å². The summed E-state index contributed by atoms with van der Waals surface area (Å²) >= 11 is 8.95. The van der Waals surface area contributed by atoms with Gasteiger partial charge in [-0.25, -0.2) is 9.97 Å². The van der Waals surface area contributed by atoms with Crippen LogP contribution in [0.4, 0.5) is 0 Å². The van der Waals surface area contributed by atoms with E-state index < -0.39 is 0 Å². The van der Waals surface area contributed by atoms with Crippen molar-refractivity contribution in [3.63, 3.8) is 0 Å². The molecule has 10 rings (SSSR count). The van der Waals surface area contributed by atoms with E-state index in [0.717, 1.165) is 34.4 Å². The molecule has 0 saturated carbocycles. The Morgan fingerprint density at radius 2 is 1.33 bits per heavy atom. The smallest absolute Gasteiger partial charge is 0.176 e. The normalized spacial score (nSPS) is 12.8. The van der Waals surface area contributed by atoms with Crippen LogP contribution in [0.25, 0.3) is 80.6 Å². The third kappa shape index (κ3) is 2.86. The Morgan fingerprint density at radius 1 is 0.619 bits per heavy atom. The molecular formula is C37H20ClN3S. The predicted octanol–water partition coefficient (Wildman–Crippen LogP) is 10.5. The second kappa shape index (κ2) is 8.16. The van der Waals surface area contributed by atoms with E-state index in [1.165, 1.54) is 58.1 Å². The number of rotatable bonds is 1. The highest BCUT2D eigenvalue weighted by Gasteiger charge is 2.27. The number of benzene rings is 6. The summed E-state index contributed by atoms with van der Waals surface area (Å²) in [6.07, 6.45) is 0.754. The van der Waals surface area contributed by atoms with Crippen LogP contribution in [-0.2, 0) is 6.42 Å². The van der Waals surface area contributed by atoms with Crippen LogP contribution in [0.3, 0.4) is 0 Å². The van der Waals surface area contributed by atoms with Gasteiger partial charge in [-0.3, -0.25) is 4.57 Å². The van der Waals surface area contributed by atoms with Crippen LogP contribution in [0.2, 0.25) is 5.15 Å². The molecule has 42 heavy (non-hydrogen) atoms. The first-order valence-corrected chi connectivity index (χ1v) is 15.3. The molecular weight excluding hydrogens is 554 g/mol. The van der Waals surface area contributed by atoms with E-state index in [2.05, 4.69) is 114 Å². The van der Waals surface area contributed by atoms with Gasteiger partial charge in [-0.05, 0) is 33.2 Å². The van der Waals surface area contributed by atoms with Crippen molar-refractivity contribution in [1.29, 1.82) is 0 Å². The first-order valence-electron chi connectivity index (χ1n) is 14.1. The number of fused-ring (bicyclic) bond motifs is 15. The standard InChI is InChI=1S/C37H20ClN3S/c38-36-37(40-32-22-11-3-2-10-21(22)19-28(32)39-36)41-29-16-8-7-15-26(29)30-24-13-5-6-14-25(24)31-27-18-17-20-9-1-4-12-23(20)34(27)42-35(31)33(30)41/h1-18H,19H2. The average Bonchev–Trinajstić information content (AvgIpc) is 3.70. The molecule has 0 bridgehead atoms. The summed E-state index contributed by atoms with van der Waals surface area (Å²) in [5.74, 6) is 0.678. The summed E-state index contributed by atoms with van der Waals surface area (Å²) in [5, 5.41) is 10.4. The van der Waals surface area contributed by atoms with Crippen molar-refractivity contribution in [2.75, 3.05) is 0 Å². The van der Waals surface area contributed by atoms with Gasteiger partial charge in [0.25, 0.3) is 0 Å². The molecule has 0 aliphatic heterocycles. The number of para-hydroxylation sites is 1. The van der Waals surface area contributed by atoms with Crippen molar-refractivity contribution >= 4 is 86.5 Å². The lowest BCUT2D eigenvalue weighted by Gasteiger charge is -2.12. The van der Waals surface area contributed by atoms with Crippen molar-refractivity contribution in [2.24, 2.45) is 0 Å². The summed E-state index contributed by atoms with van der Waals surface area (Å²) in [7, 11) is 0. The first-order chi connectivity index (χ1) is 20.8. The minimum Gasteiger partial charge on any atom is -0.290 e. The van der Waals surface area contributed by atoms with Gasteiger partial charge >= 0.3 is 0 Å². The minimum absolute atomic E-state index is 0.428. The Balaban J connectivity index is 1.45. The molecule has 9 aromatic rings. The average molecular weight is 574 g/mol. The molecule has 0 unspecified atom stereocenters. The zero-order valence-electron chi connectivity index (χ0n) is 22.2. The number of hydrogen-bond acceptors (Lipinski definition) is 3. The van der Waals surface area contributed by atoms with E-state index in [1.807, 2.05) is 11.3 Å². The van der Waals surface area contributed by atoms with Gasteiger partial charge in [0.1, 0.15) is 0 Å². The fourth-order valence-corrected chi connectivity index (χ4v) is 8.75. The van der Waals surface area contributed by atoms with E-state index in [9.17, 15) is 0 Å². The Labute approximate surface area is 249 Å². The summed E-state index contributed by atoms with van der Waals surface area (Å²) in [5.41, 5.74) is 6.47. The lowest BCUT2D eigenvalue weighted by molar-refractivity contribution is 1.01. The van der Waals surface area contributed by atoms with E-state index in [-0.39, 0.29) is 0 Å². The molecule has 0 saturated heterocycles. The fourth-order valence-electron chi connectivity index (χ4n) is 7.13. The molecule has 0 atom stereocenters. The van der Waals surface area contributed by atoms with E-state index >= 15 is 0 Å². The van der Waals surface area contributed by atoms with Gasteiger partial charge in [0.05, 0.1) is 27.1 Å². The number of nitrogens with zero attached hydrogens (tertiary/aromatic N) is 3. The van der Waals surface area contributed by atoms with Gasteiger partial charge < -0.3 is 0 Å². The SMILES string of the molecule is Clc1nc2c(nc1-n1c3ccccc3c3c4ccccc4c4c5ccc6ccccc6c5sc4c31)-c1ccccc1C2. The summed E-state index contributed by atoms with van der Waals surface area (Å²) in [4.78, 5) is 10.3. The molecule has 0 radical (unpaired) electrons. The predicted molar refractivity (Wildman–Crippen MR) is 178 cm³/mol. The van der Waals surface area contributed by atoms with Crippen LogP contribution in [0.15, 0.2) is 109 Å². The van der Waals surface area contributed by atoms with Crippen molar-refractivity contribution in [1.82, 2.24) is 14.5 Å². The number of thiophene rings is 1. The zero-order valence-corrected chi connectivity index (χ0v) is 23.8. The molecule has 1 aliphatic rings. The second-order valence-electron chi connectivity index (χ2n) is 11.1. The third-order valence-corrected chi connectivity index (χ3v) is 10.4. The molecule has 196 valence electrons. The van der Waals surface area contributed by atoms with E-state index in [1.54, 1.807) is 0 Å². The van der Waals surface area contributed by atoms with Gasteiger partial charge in [0.15, 0.2) is 11.0 Å². The number of hydrogen-bond donors (Lipinski definition) is 0. The highest BCUT2D eigenvalue weighted by atomic mass is 35.5. The van der Waals surface area contributed by atoms with Crippen LogP contribution < -0.4 is 0 Å². The highest BCUT2D eigenvalue weighted by molar-refractivity contribution is 7.27. The van der Waals surface area contributed by atoms with Crippen molar-refractivity contribution in [2.45, 2.75) is 6.42 Å². The lowest BCUT2D eigenvalue weighted by Crippen LogP contribution is -2.03. The number of halogens is 1. The maximum atomic E-state index is 7.08. The Hall–Kier alpha value is -4.77. The highest BCUT2D eigenvalue weighted by Crippen LogP contribution is 2.49. The summed E-state index contributed by atoms with van der Waals surface area (Å²) < 4.78 is 4.82. The van der Waals surface area contributed by atoms with Crippen molar-refractivity contribution in [3.8, 4) is 17.1 Å². The third-order valence-electron chi connectivity index (χ3n) is 8.89. The maximum absolute atomic E-state index is 7.08. The molecule has 3 heterocycles. The van der Waals surface area contributed by atoms with Crippen LogP contribution in [0.5, 0.6) is 0 Å². The van der Waals surface area contributed by atoms with Crippen LogP contribution in [0.1, 0.15) is 11.3 Å². The Kier molecular flexibility index (Phi) is 4.44. The zero-order chi connectivity index (χ0) is 27.5. The fraction of sp³-hybridized carbons (Fsp3) is 0.0270.